The summed E-state index contributed by atoms with van der Waals surface area (Å²) in [5, 5.41) is 2.65. The molecule has 3 saturated heterocycles. The fraction of sp³-hybridized carbons (Fsp3) is 0.632. The number of alkyl carbamates (subject to hydrolysis) is 1. The number of nitrogens with zero attached hydrogens (tertiary/aromatic N) is 3. The molecule has 7 nitrogen and oxygen atoms in total. The molecule has 3 aliphatic rings. The Labute approximate surface area is 166 Å². The Balaban J connectivity index is 1.23. The van der Waals surface area contributed by atoms with E-state index in [1.165, 1.54) is 0 Å². The third-order valence-electron chi connectivity index (χ3n) is 5.90. The summed E-state index contributed by atoms with van der Waals surface area (Å²) in [6, 6.07) is 3.55. The lowest BCUT2D eigenvalue weighted by Crippen LogP contribution is -2.48. The van der Waals surface area contributed by atoms with Gasteiger partial charge in [-0.05, 0) is 24.5 Å². The summed E-state index contributed by atoms with van der Waals surface area (Å²) in [4.78, 5) is 31.0. The maximum atomic E-state index is 12.8. The van der Waals surface area contributed by atoms with E-state index in [9.17, 15) is 22.8 Å². The number of halogens is 3. The van der Waals surface area contributed by atoms with Gasteiger partial charge in [0.2, 0.25) is 5.91 Å². The minimum Gasteiger partial charge on any atom is -0.447 e. The van der Waals surface area contributed by atoms with Crippen LogP contribution in [0.25, 0.3) is 0 Å². The van der Waals surface area contributed by atoms with Crippen LogP contribution in [0.1, 0.15) is 30.7 Å². The molecular formula is C19H23F3N4O3. The second kappa shape index (κ2) is 7.72. The van der Waals surface area contributed by atoms with Crippen LogP contribution < -0.4 is 10.2 Å². The van der Waals surface area contributed by atoms with Crippen molar-refractivity contribution in [3.8, 4) is 0 Å². The van der Waals surface area contributed by atoms with Gasteiger partial charge in [0.1, 0.15) is 12.4 Å². The molecule has 1 aromatic heterocycles. The summed E-state index contributed by atoms with van der Waals surface area (Å²) >= 11 is 0. The molecule has 0 saturated carbocycles. The van der Waals surface area contributed by atoms with Crippen LogP contribution in [0, 0.1) is 5.92 Å². The van der Waals surface area contributed by atoms with Gasteiger partial charge in [0.15, 0.2) is 0 Å². The van der Waals surface area contributed by atoms with Crippen LogP contribution in [0.2, 0.25) is 0 Å². The monoisotopic (exact) mass is 412 g/mol. The second-order valence-electron chi connectivity index (χ2n) is 7.90. The number of cyclic esters (lactones) is 1. The van der Waals surface area contributed by atoms with Crippen LogP contribution in [0.5, 0.6) is 0 Å². The van der Waals surface area contributed by atoms with E-state index in [4.69, 9.17) is 4.74 Å². The molecule has 0 aromatic carbocycles. The quantitative estimate of drug-likeness (QED) is 0.803. The first-order chi connectivity index (χ1) is 13.8. The van der Waals surface area contributed by atoms with Gasteiger partial charge in [-0.1, -0.05) is 6.07 Å². The SMILES string of the molecule is O=C1N[C@H](CCC(=O)N2CC(c3ccc(N4CCC(C(F)(F)F)C4)nc3)C2)CO1. The number of pyridine rings is 1. The highest BCUT2D eigenvalue weighted by atomic mass is 19.4. The first kappa shape index (κ1) is 19.8. The van der Waals surface area contributed by atoms with Gasteiger partial charge in [0.25, 0.3) is 0 Å². The molecule has 2 atom stereocenters. The molecule has 0 radical (unpaired) electrons. The van der Waals surface area contributed by atoms with E-state index in [0.29, 0.717) is 44.9 Å². The highest BCUT2D eigenvalue weighted by Crippen LogP contribution is 2.35. The minimum absolute atomic E-state index is 0.0437. The molecule has 3 aliphatic heterocycles. The lowest BCUT2D eigenvalue weighted by atomic mass is 9.92. The zero-order valence-electron chi connectivity index (χ0n) is 15.8. The van der Waals surface area contributed by atoms with Crippen molar-refractivity contribution in [1.29, 1.82) is 0 Å². The predicted molar refractivity (Wildman–Crippen MR) is 97.4 cm³/mol. The summed E-state index contributed by atoms with van der Waals surface area (Å²) in [5.41, 5.74) is 0.987. The molecule has 4 rings (SSSR count). The second-order valence-corrected chi connectivity index (χ2v) is 7.90. The van der Waals surface area contributed by atoms with Crippen LogP contribution >= 0.6 is 0 Å². The number of rotatable bonds is 5. The standard InChI is InChI=1S/C19H23F3N4O3/c20-19(21,22)14-5-6-25(10-14)16-3-1-12(7-23-16)13-8-26(9-13)17(27)4-2-15-11-29-18(28)24-15/h1,3,7,13-15H,2,4-6,8-11H2,(H,24,28)/t14?,15-/m1/s1. The average molecular weight is 412 g/mol. The Morgan fingerprint density at radius 2 is 2.07 bits per heavy atom. The van der Waals surface area contributed by atoms with Crippen LogP contribution in [-0.4, -0.2) is 66.9 Å². The number of aromatic nitrogens is 1. The van der Waals surface area contributed by atoms with Crippen molar-refractivity contribution < 1.29 is 27.5 Å². The largest absolute Gasteiger partial charge is 0.447 e. The third kappa shape index (κ3) is 4.40. The first-order valence-corrected chi connectivity index (χ1v) is 9.78. The highest BCUT2D eigenvalue weighted by Gasteiger charge is 2.44. The van der Waals surface area contributed by atoms with E-state index in [-0.39, 0.29) is 30.8 Å². The zero-order chi connectivity index (χ0) is 20.6. The predicted octanol–water partition coefficient (Wildman–Crippen LogP) is 2.28. The molecule has 158 valence electrons. The van der Waals surface area contributed by atoms with E-state index in [0.717, 1.165) is 5.56 Å². The number of anilines is 1. The molecule has 2 amide bonds. The maximum Gasteiger partial charge on any atom is 0.407 e. The van der Waals surface area contributed by atoms with Gasteiger partial charge in [-0.15, -0.1) is 0 Å². The van der Waals surface area contributed by atoms with Crippen LogP contribution in [0.4, 0.5) is 23.8 Å². The third-order valence-corrected chi connectivity index (χ3v) is 5.90. The van der Waals surface area contributed by atoms with Crippen LogP contribution in [-0.2, 0) is 9.53 Å². The molecule has 0 aliphatic carbocycles. The number of carbonyl (C=O) groups excluding carboxylic acids is 2. The van der Waals surface area contributed by atoms with E-state index < -0.39 is 18.2 Å². The van der Waals surface area contributed by atoms with E-state index in [1.54, 1.807) is 22.1 Å². The Morgan fingerprint density at radius 3 is 2.66 bits per heavy atom. The van der Waals surface area contributed by atoms with Gasteiger partial charge in [0.05, 0.1) is 12.0 Å². The summed E-state index contributed by atoms with van der Waals surface area (Å²) in [5.74, 6) is -0.494. The van der Waals surface area contributed by atoms with Gasteiger partial charge >= 0.3 is 12.3 Å². The molecular weight excluding hydrogens is 389 g/mol. The minimum atomic E-state index is -4.16. The molecule has 0 bridgehead atoms. The van der Waals surface area contributed by atoms with E-state index in [2.05, 4.69) is 10.3 Å². The Bertz CT molecular complexity index is 765. The topological polar surface area (TPSA) is 74.8 Å². The number of likely N-dealkylation sites (tertiary alicyclic amines) is 1. The maximum absolute atomic E-state index is 12.8. The number of hydrogen-bond acceptors (Lipinski definition) is 5. The van der Waals surface area contributed by atoms with Gasteiger partial charge in [-0.3, -0.25) is 4.79 Å². The molecule has 1 unspecified atom stereocenters. The average Bonchev–Trinajstić information content (AvgIpc) is 3.28. The molecule has 1 N–H and O–H groups in total. The van der Waals surface area contributed by atoms with Crippen molar-refractivity contribution in [2.24, 2.45) is 5.92 Å². The van der Waals surface area contributed by atoms with Crippen molar-refractivity contribution in [3.63, 3.8) is 0 Å². The number of ether oxygens (including phenoxy) is 1. The van der Waals surface area contributed by atoms with Gasteiger partial charge < -0.3 is 19.9 Å². The number of alkyl halides is 3. The van der Waals surface area contributed by atoms with E-state index in [1.807, 2.05) is 6.07 Å². The van der Waals surface area contributed by atoms with Gasteiger partial charge in [0, 0.05) is 44.7 Å². The Morgan fingerprint density at radius 1 is 1.28 bits per heavy atom. The van der Waals surface area contributed by atoms with Crippen LogP contribution in [0.3, 0.4) is 0 Å². The normalized spacial score (nSPS) is 25.0. The summed E-state index contributed by atoms with van der Waals surface area (Å²) in [6.45, 7) is 1.82. The molecule has 1 aromatic rings. The lowest BCUT2D eigenvalue weighted by Gasteiger charge is -2.39. The summed E-state index contributed by atoms with van der Waals surface area (Å²) < 4.78 is 43.3. The van der Waals surface area contributed by atoms with E-state index >= 15 is 0 Å². The molecule has 10 heteroatoms. The smallest absolute Gasteiger partial charge is 0.407 e. The van der Waals surface area contributed by atoms with Crippen molar-refractivity contribution in [1.82, 2.24) is 15.2 Å². The Hall–Kier alpha value is -2.52. The number of hydrogen-bond donors (Lipinski definition) is 1. The van der Waals surface area contributed by atoms with Crippen molar-refractivity contribution in [2.75, 3.05) is 37.7 Å². The number of carbonyl (C=O) groups is 2. The molecule has 4 heterocycles. The molecule has 0 spiro atoms. The zero-order valence-corrected chi connectivity index (χ0v) is 15.8. The van der Waals surface area contributed by atoms with Crippen molar-refractivity contribution in [3.05, 3.63) is 23.9 Å². The summed E-state index contributed by atoms with van der Waals surface area (Å²) in [7, 11) is 0. The van der Waals surface area contributed by atoms with Crippen molar-refractivity contribution in [2.45, 2.75) is 37.4 Å². The summed E-state index contributed by atoms with van der Waals surface area (Å²) in [6.07, 6.45) is -1.89. The fourth-order valence-corrected chi connectivity index (χ4v) is 3.99. The highest BCUT2D eigenvalue weighted by molar-refractivity contribution is 5.77. The van der Waals surface area contributed by atoms with Crippen LogP contribution in [0.15, 0.2) is 18.3 Å². The molecule has 3 fully saturated rings. The number of nitrogens with one attached hydrogen (secondary N) is 1. The van der Waals surface area contributed by atoms with Crippen molar-refractivity contribution >= 4 is 17.8 Å². The Kier molecular flexibility index (Phi) is 5.26. The fourth-order valence-electron chi connectivity index (χ4n) is 3.99. The van der Waals surface area contributed by atoms with Gasteiger partial charge in [-0.25, -0.2) is 9.78 Å². The number of amides is 2. The van der Waals surface area contributed by atoms with Gasteiger partial charge in [-0.2, -0.15) is 13.2 Å². The lowest BCUT2D eigenvalue weighted by molar-refractivity contribution is -0.168. The molecule has 29 heavy (non-hydrogen) atoms. The first-order valence-electron chi connectivity index (χ1n) is 9.78.